The van der Waals surface area contributed by atoms with E-state index in [1.54, 1.807) is 7.11 Å². The summed E-state index contributed by atoms with van der Waals surface area (Å²) < 4.78 is 18.2. The molecular weight excluding hydrogens is 337 g/mol. The number of fused-ring (bicyclic) bond motifs is 3. The van der Waals surface area contributed by atoms with E-state index >= 15 is 0 Å². The molecule has 1 saturated heterocycles. The van der Waals surface area contributed by atoms with Crippen LogP contribution in [0.5, 0.6) is 5.75 Å². The normalized spacial score (nSPS) is 21.1. The summed E-state index contributed by atoms with van der Waals surface area (Å²) in [4.78, 5) is 0. The monoisotopic (exact) mass is 365 g/mol. The van der Waals surface area contributed by atoms with Crippen LogP contribution in [0.2, 0.25) is 0 Å². The predicted octanol–water partition coefficient (Wildman–Crippen LogP) is 3.88. The molecule has 4 rings (SSSR count). The van der Waals surface area contributed by atoms with Crippen LogP contribution in [0.15, 0.2) is 30.3 Å². The summed E-state index contributed by atoms with van der Waals surface area (Å²) in [6, 6.07) is 10.5. The molecule has 142 valence electrons. The maximum absolute atomic E-state index is 6.25. The highest BCUT2D eigenvalue weighted by atomic mass is 16.7. The number of nitrogen functional groups attached to an aromatic ring is 1. The summed E-state index contributed by atoms with van der Waals surface area (Å²) in [5.41, 5.74) is 11.8. The second-order valence-corrected chi connectivity index (χ2v) is 9.13. The van der Waals surface area contributed by atoms with Gasteiger partial charge in [-0.2, -0.15) is 0 Å². The van der Waals surface area contributed by atoms with Crippen molar-refractivity contribution in [3.05, 3.63) is 41.5 Å². The summed E-state index contributed by atoms with van der Waals surface area (Å²) in [6.07, 6.45) is 0. The minimum atomic E-state index is -0.389. The predicted molar refractivity (Wildman–Crippen MR) is 111 cm³/mol. The Morgan fingerprint density at radius 1 is 0.889 bits per heavy atom. The molecule has 5 heteroatoms. The fraction of sp³-hybridized carbons (Fsp3) is 0.455. The number of ether oxygens (including phenoxy) is 1. The SMILES string of the molecule is COc1c(N)ccc2c1-c1cc(B3OC(C)(C)C(C)(C)O3)ccc1C2(C)C. The van der Waals surface area contributed by atoms with Gasteiger partial charge in [0, 0.05) is 11.0 Å². The van der Waals surface area contributed by atoms with Gasteiger partial charge in [-0.25, -0.2) is 0 Å². The minimum Gasteiger partial charge on any atom is -0.494 e. The lowest BCUT2D eigenvalue weighted by molar-refractivity contribution is 0.00578. The number of anilines is 1. The van der Waals surface area contributed by atoms with Crippen molar-refractivity contribution >= 4 is 18.3 Å². The number of benzene rings is 2. The van der Waals surface area contributed by atoms with Crippen molar-refractivity contribution in [1.29, 1.82) is 0 Å². The van der Waals surface area contributed by atoms with Crippen LogP contribution in [0, 0.1) is 0 Å². The third-order valence-electron chi connectivity index (χ3n) is 6.58. The molecule has 4 nitrogen and oxygen atoms in total. The second kappa shape index (κ2) is 5.52. The first kappa shape index (κ1) is 18.4. The maximum atomic E-state index is 6.25. The lowest BCUT2D eigenvalue weighted by Crippen LogP contribution is -2.41. The Bertz CT molecular complexity index is 917. The van der Waals surface area contributed by atoms with E-state index in [2.05, 4.69) is 65.8 Å². The molecule has 0 radical (unpaired) electrons. The third-order valence-corrected chi connectivity index (χ3v) is 6.58. The van der Waals surface area contributed by atoms with E-state index in [9.17, 15) is 0 Å². The highest BCUT2D eigenvalue weighted by Gasteiger charge is 2.52. The number of hydrogen-bond donors (Lipinski definition) is 1. The van der Waals surface area contributed by atoms with Crippen LogP contribution in [0.1, 0.15) is 52.7 Å². The Morgan fingerprint density at radius 2 is 1.48 bits per heavy atom. The van der Waals surface area contributed by atoms with Crippen LogP contribution in [0.3, 0.4) is 0 Å². The largest absolute Gasteiger partial charge is 0.494 e. The topological polar surface area (TPSA) is 53.7 Å². The molecule has 2 N–H and O–H groups in total. The van der Waals surface area contributed by atoms with Crippen molar-refractivity contribution < 1.29 is 14.0 Å². The van der Waals surface area contributed by atoms with Gasteiger partial charge in [-0.15, -0.1) is 0 Å². The van der Waals surface area contributed by atoms with E-state index < -0.39 is 0 Å². The van der Waals surface area contributed by atoms with Crippen molar-refractivity contribution in [2.45, 2.75) is 58.2 Å². The van der Waals surface area contributed by atoms with Crippen molar-refractivity contribution in [2.24, 2.45) is 0 Å². The standard InChI is InChI=1S/C22H28BNO3/c1-20(2)15-9-8-13(23-26-21(3,4)22(5,6)27-23)12-14(15)18-16(20)10-11-17(24)19(18)25-7/h8-12H,24H2,1-7H3. The van der Waals surface area contributed by atoms with E-state index in [1.807, 2.05) is 6.07 Å². The zero-order valence-electron chi connectivity index (χ0n) is 17.3. The van der Waals surface area contributed by atoms with Crippen LogP contribution in [0.4, 0.5) is 5.69 Å². The van der Waals surface area contributed by atoms with E-state index in [0.717, 1.165) is 22.3 Å². The van der Waals surface area contributed by atoms with Gasteiger partial charge < -0.3 is 19.8 Å². The first-order valence-corrected chi connectivity index (χ1v) is 9.47. The fourth-order valence-electron chi connectivity index (χ4n) is 4.19. The Kier molecular flexibility index (Phi) is 3.76. The summed E-state index contributed by atoms with van der Waals surface area (Å²) in [6.45, 7) is 12.8. The lowest BCUT2D eigenvalue weighted by Gasteiger charge is -2.32. The molecule has 2 aromatic carbocycles. The van der Waals surface area contributed by atoms with E-state index in [0.29, 0.717) is 5.69 Å². The number of nitrogens with two attached hydrogens (primary N) is 1. The minimum absolute atomic E-state index is 0.111. The molecule has 1 heterocycles. The molecule has 1 aliphatic heterocycles. The highest BCUT2D eigenvalue weighted by Crippen LogP contribution is 2.53. The zero-order chi connectivity index (χ0) is 19.8. The van der Waals surface area contributed by atoms with Gasteiger partial charge in [-0.3, -0.25) is 0 Å². The van der Waals surface area contributed by atoms with Gasteiger partial charge in [0.25, 0.3) is 0 Å². The van der Waals surface area contributed by atoms with Gasteiger partial charge >= 0.3 is 7.12 Å². The molecule has 0 saturated carbocycles. The Hall–Kier alpha value is -1.98. The molecular formula is C22H28BNO3. The van der Waals surface area contributed by atoms with Crippen molar-refractivity contribution in [3.63, 3.8) is 0 Å². The maximum Gasteiger partial charge on any atom is 0.494 e. The van der Waals surface area contributed by atoms with Gasteiger partial charge in [0.1, 0.15) is 5.75 Å². The van der Waals surface area contributed by atoms with Crippen LogP contribution in [-0.2, 0) is 14.7 Å². The van der Waals surface area contributed by atoms with Gasteiger partial charge in [-0.05, 0) is 55.9 Å². The molecule has 0 unspecified atom stereocenters. The van der Waals surface area contributed by atoms with Crippen LogP contribution >= 0.6 is 0 Å². The first-order valence-electron chi connectivity index (χ1n) is 9.47. The number of hydrogen-bond acceptors (Lipinski definition) is 4. The zero-order valence-corrected chi connectivity index (χ0v) is 17.3. The molecule has 2 aliphatic rings. The average Bonchev–Trinajstić information content (AvgIpc) is 2.94. The summed E-state index contributed by atoms with van der Waals surface area (Å²) in [5.74, 6) is 0.741. The molecule has 0 aromatic heterocycles. The van der Waals surface area contributed by atoms with Gasteiger partial charge in [0.2, 0.25) is 0 Å². The molecule has 2 aromatic rings. The number of rotatable bonds is 2. The van der Waals surface area contributed by atoms with Crippen LogP contribution < -0.4 is 15.9 Å². The molecule has 0 atom stereocenters. The smallest absolute Gasteiger partial charge is 0.494 e. The van der Waals surface area contributed by atoms with Crippen LogP contribution in [0.25, 0.3) is 11.1 Å². The van der Waals surface area contributed by atoms with Crippen molar-refractivity contribution in [3.8, 4) is 16.9 Å². The highest BCUT2D eigenvalue weighted by molar-refractivity contribution is 6.62. The molecule has 0 spiro atoms. The first-order chi connectivity index (χ1) is 12.5. The third kappa shape index (κ3) is 2.45. The molecule has 1 fully saturated rings. The average molecular weight is 365 g/mol. The summed E-state index contributed by atoms with van der Waals surface area (Å²) in [7, 11) is 1.29. The van der Waals surface area contributed by atoms with Crippen molar-refractivity contribution in [1.82, 2.24) is 0 Å². The van der Waals surface area contributed by atoms with Crippen LogP contribution in [-0.4, -0.2) is 25.4 Å². The van der Waals surface area contributed by atoms with E-state index in [-0.39, 0.29) is 23.7 Å². The van der Waals surface area contributed by atoms with Gasteiger partial charge in [0.05, 0.1) is 24.0 Å². The molecule has 0 amide bonds. The molecule has 0 bridgehead atoms. The van der Waals surface area contributed by atoms with E-state index in [4.69, 9.17) is 19.8 Å². The van der Waals surface area contributed by atoms with Crippen molar-refractivity contribution in [2.75, 3.05) is 12.8 Å². The quantitative estimate of drug-likeness (QED) is 0.648. The number of methoxy groups -OCH3 is 1. The van der Waals surface area contributed by atoms with Gasteiger partial charge in [0.15, 0.2) is 0 Å². The molecule has 27 heavy (non-hydrogen) atoms. The Morgan fingerprint density at radius 3 is 2.07 bits per heavy atom. The lowest BCUT2D eigenvalue weighted by atomic mass is 9.76. The summed E-state index contributed by atoms with van der Waals surface area (Å²) >= 11 is 0. The molecule has 1 aliphatic carbocycles. The second-order valence-electron chi connectivity index (χ2n) is 9.13. The Balaban J connectivity index is 1.87. The fourth-order valence-corrected chi connectivity index (χ4v) is 4.19. The summed E-state index contributed by atoms with van der Waals surface area (Å²) in [5, 5.41) is 0. The Labute approximate surface area is 162 Å². The van der Waals surface area contributed by atoms with Gasteiger partial charge in [-0.1, -0.05) is 38.1 Å². The van der Waals surface area contributed by atoms with E-state index in [1.165, 1.54) is 11.1 Å².